The number of nitrogens with zero attached hydrogens (tertiary/aromatic N) is 5. The predicted molar refractivity (Wildman–Crippen MR) is 134 cm³/mol. The minimum absolute atomic E-state index is 0.0465. The first-order chi connectivity index (χ1) is 16.0. The van der Waals surface area contributed by atoms with Gasteiger partial charge in [-0.25, -0.2) is 4.98 Å². The molecular weight excluding hydrogens is 436 g/mol. The first-order valence-electron chi connectivity index (χ1n) is 11.3. The molecule has 3 aromatic heterocycles. The van der Waals surface area contributed by atoms with Crippen molar-refractivity contribution in [2.24, 2.45) is 13.0 Å². The summed E-state index contributed by atoms with van der Waals surface area (Å²) in [6.45, 7) is 4.18. The molecule has 8 heteroatoms. The van der Waals surface area contributed by atoms with Crippen LogP contribution in [-0.4, -0.2) is 32.2 Å². The van der Waals surface area contributed by atoms with Gasteiger partial charge in [0.1, 0.15) is 10.7 Å². The second-order valence-electron chi connectivity index (χ2n) is 8.59. The number of nitrogens with one attached hydrogen (secondary N) is 1. The zero-order valence-corrected chi connectivity index (χ0v) is 19.6. The lowest BCUT2D eigenvalue weighted by Gasteiger charge is -2.31. The van der Waals surface area contributed by atoms with Crippen LogP contribution < -0.4 is 15.8 Å². The average Bonchev–Trinajstić information content (AvgIpc) is 3.37. The minimum atomic E-state index is -0.0465. The van der Waals surface area contributed by atoms with Crippen LogP contribution in [0.3, 0.4) is 0 Å². The Labute approximate surface area is 197 Å². The minimum Gasteiger partial charge on any atom is -0.341 e. The van der Waals surface area contributed by atoms with Crippen LogP contribution in [0.4, 0.5) is 17.5 Å². The van der Waals surface area contributed by atoms with E-state index in [0.717, 1.165) is 35.6 Å². The van der Waals surface area contributed by atoms with Gasteiger partial charge in [-0.1, -0.05) is 24.9 Å². The van der Waals surface area contributed by atoms with Crippen molar-refractivity contribution in [2.75, 3.05) is 23.3 Å². The molecule has 1 aliphatic heterocycles. The fourth-order valence-electron chi connectivity index (χ4n) is 4.50. The smallest absolute Gasteiger partial charge is 0.275 e. The number of aryl methyl sites for hydroxylation is 1. The first-order valence-corrected chi connectivity index (χ1v) is 11.7. The van der Waals surface area contributed by atoms with E-state index in [1.54, 1.807) is 17.8 Å². The van der Waals surface area contributed by atoms with Crippen molar-refractivity contribution >= 4 is 40.0 Å². The Kier molecular flexibility index (Phi) is 5.81. The number of hydrogen-bond donors (Lipinski definition) is 1. The van der Waals surface area contributed by atoms with E-state index in [0.29, 0.717) is 22.5 Å². The molecule has 0 radical (unpaired) electrons. The number of piperidine rings is 1. The van der Waals surface area contributed by atoms with Crippen LogP contribution in [0.15, 0.2) is 59.8 Å². The topological polar surface area (TPSA) is 68.0 Å². The van der Waals surface area contributed by atoms with Crippen LogP contribution in [0.25, 0.3) is 16.6 Å². The van der Waals surface area contributed by atoms with Crippen LogP contribution in [-0.2, 0) is 7.05 Å². The molecule has 0 bridgehead atoms. The highest BCUT2D eigenvalue weighted by molar-refractivity contribution is 6.32. The quantitative estimate of drug-likeness (QED) is 0.444. The lowest BCUT2D eigenvalue weighted by molar-refractivity contribution is 0.392. The van der Waals surface area contributed by atoms with E-state index in [4.69, 9.17) is 16.6 Å². The third kappa shape index (κ3) is 4.20. The number of rotatable bonds is 5. The summed E-state index contributed by atoms with van der Waals surface area (Å²) >= 11 is 6.43. The van der Waals surface area contributed by atoms with Gasteiger partial charge in [0.2, 0.25) is 5.95 Å². The van der Waals surface area contributed by atoms with E-state index in [9.17, 15) is 4.79 Å². The molecule has 0 spiro atoms. The van der Waals surface area contributed by atoms with Crippen LogP contribution in [0.1, 0.15) is 26.2 Å². The van der Waals surface area contributed by atoms with Gasteiger partial charge >= 0.3 is 0 Å². The van der Waals surface area contributed by atoms with Gasteiger partial charge in [-0.05, 0) is 55.2 Å². The number of aromatic nitrogens is 4. The maximum atomic E-state index is 12.8. The summed E-state index contributed by atoms with van der Waals surface area (Å²) in [7, 11) is 1.79. The molecule has 170 valence electrons. The van der Waals surface area contributed by atoms with Crippen LogP contribution in [0.2, 0.25) is 5.02 Å². The summed E-state index contributed by atoms with van der Waals surface area (Å²) < 4.78 is 3.50. The van der Waals surface area contributed by atoms with Crippen LogP contribution in [0, 0.1) is 5.92 Å². The largest absolute Gasteiger partial charge is 0.341 e. The molecule has 5 rings (SSSR count). The van der Waals surface area contributed by atoms with E-state index >= 15 is 0 Å². The molecule has 0 unspecified atom stereocenters. The maximum Gasteiger partial charge on any atom is 0.275 e. The molecule has 0 aliphatic carbocycles. The van der Waals surface area contributed by atoms with Crippen molar-refractivity contribution in [3.05, 3.63) is 70.4 Å². The van der Waals surface area contributed by atoms with E-state index in [1.165, 1.54) is 19.3 Å². The summed E-state index contributed by atoms with van der Waals surface area (Å²) in [5.41, 5.74) is 2.25. The summed E-state index contributed by atoms with van der Waals surface area (Å²) in [5.74, 6) is 2.07. The molecule has 7 nitrogen and oxygen atoms in total. The molecule has 1 aromatic carbocycles. The van der Waals surface area contributed by atoms with Gasteiger partial charge < -0.3 is 19.4 Å². The predicted octanol–water partition coefficient (Wildman–Crippen LogP) is 5.14. The second kappa shape index (κ2) is 8.90. The van der Waals surface area contributed by atoms with Gasteiger partial charge in [0.15, 0.2) is 5.82 Å². The zero-order chi connectivity index (χ0) is 22.9. The standard InChI is InChI=1S/C25H27ClN6O/c1-3-17-8-12-32(13-9-17)25-27-16-20(26)23(29-25)28-19-6-7-21-18(14-19)15-22(24(33)30(21)2)31-10-4-5-11-31/h4-7,10-11,14-17H,3,8-9,12-13H2,1-2H3,(H,27,28,29). The number of pyridine rings is 1. The van der Waals surface area contributed by atoms with E-state index in [2.05, 4.69) is 22.1 Å². The van der Waals surface area contributed by atoms with E-state index < -0.39 is 0 Å². The maximum absolute atomic E-state index is 12.8. The van der Waals surface area contributed by atoms with Gasteiger partial charge in [0, 0.05) is 43.6 Å². The molecule has 4 aromatic rings. The van der Waals surface area contributed by atoms with Crippen LogP contribution >= 0.6 is 11.6 Å². The summed E-state index contributed by atoms with van der Waals surface area (Å²) in [6.07, 6.45) is 8.96. The van der Waals surface area contributed by atoms with Gasteiger partial charge in [-0.3, -0.25) is 4.79 Å². The summed E-state index contributed by atoms with van der Waals surface area (Å²) in [4.78, 5) is 24.2. The molecule has 1 N–H and O–H groups in total. The Bertz CT molecular complexity index is 1340. The van der Waals surface area contributed by atoms with E-state index in [1.807, 2.05) is 53.4 Å². The number of benzene rings is 1. The fraction of sp³-hybridized carbons (Fsp3) is 0.320. The molecule has 0 atom stereocenters. The Morgan fingerprint density at radius 3 is 2.64 bits per heavy atom. The van der Waals surface area contributed by atoms with Gasteiger partial charge in [0.05, 0.1) is 11.7 Å². The van der Waals surface area contributed by atoms with Crippen molar-refractivity contribution in [1.82, 2.24) is 19.1 Å². The molecular formula is C25H27ClN6O. The number of anilines is 3. The summed E-state index contributed by atoms with van der Waals surface area (Å²) in [5, 5.41) is 4.76. The highest BCUT2D eigenvalue weighted by Gasteiger charge is 2.20. The van der Waals surface area contributed by atoms with E-state index in [-0.39, 0.29) is 5.56 Å². The third-order valence-corrected chi connectivity index (χ3v) is 6.83. The SMILES string of the molecule is CCC1CCN(c2ncc(Cl)c(Nc3ccc4c(c3)cc(-n3cccc3)c(=O)n4C)n2)CC1. The number of fused-ring (bicyclic) bond motifs is 1. The van der Waals surface area contributed by atoms with Crippen molar-refractivity contribution in [3.63, 3.8) is 0 Å². The Morgan fingerprint density at radius 1 is 1.15 bits per heavy atom. The molecule has 33 heavy (non-hydrogen) atoms. The molecule has 0 saturated carbocycles. The fourth-order valence-corrected chi connectivity index (χ4v) is 4.64. The van der Waals surface area contributed by atoms with Gasteiger partial charge in [-0.15, -0.1) is 0 Å². The Balaban J connectivity index is 1.45. The number of hydrogen-bond acceptors (Lipinski definition) is 5. The van der Waals surface area contributed by atoms with Crippen molar-refractivity contribution in [3.8, 4) is 5.69 Å². The monoisotopic (exact) mass is 462 g/mol. The number of halogens is 1. The zero-order valence-electron chi connectivity index (χ0n) is 18.8. The summed E-state index contributed by atoms with van der Waals surface area (Å²) in [6, 6.07) is 11.6. The second-order valence-corrected chi connectivity index (χ2v) is 9.00. The van der Waals surface area contributed by atoms with Crippen molar-refractivity contribution in [2.45, 2.75) is 26.2 Å². The Hall–Kier alpha value is -3.32. The Morgan fingerprint density at radius 2 is 1.91 bits per heavy atom. The first kappa shape index (κ1) is 21.5. The lowest BCUT2D eigenvalue weighted by Crippen LogP contribution is -2.34. The molecule has 1 saturated heterocycles. The van der Waals surface area contributed by atoms with Crippen LogP contribution in [0.5, 0.6) is 0 Å². The molecule has 1 fully saturated rings. The molecule has 1 aliphatic rings. The van der Waals surface area contributed by atoms with Gasteiger partial charge in [0.25, 0.3) is 5.56 Å². The van der Waals surface area contributed by atoms with Gasteiger partial charge in [-0.2, -0.15) is 4.98 Å². The molecule has 4 heterocycles. The van der Waals surface area contributed by atoms with Crippen molar-refractivity contribution < 1.29 is 0 Å². The normalized spacial score (nSPS) is 14.7. The lowest BCUT2D eigenvalue weighted by atomic mass is 9.95. The third-order valence-electron chi connectivity index (χ3n) is 6.56. The average molecular weight is 463 g/mol. The highest BCUT2D eigenvalue weighted by atomic mass is 35.5. The molecule has 0 amide bonds. The highest BCUT2D eigenvalue weighted by Crippen LogP contribution is 2.29. The van der Waals surface area contributed by atoms with Crippen molar-refractivity contribution in [1.29, 1.82) is 0 Å².